The molecule has 98 valence electrons. The van der Waals surface area contributed by atoms with Gasteiger partial charge in [0.2, 0.25) is 0 Å². The van der Waals surface area contributed by atoms with Gasteiger partial charge in [-0.2, -0.15) is 0 Å². The molecule has 0 unspecified atom stereocenters. The van der Waals surface area contributed by atoms with E-state index < -0.39 is 10.7 Å². The average molecular weight is 326 g/mol. The maximum atomic E-state index is 13.7. The molecule has 7 heteroatoms. The van der Waals surface area contributed by atoms with Crippen LogP contribution in [0.1, 0.15) is 0 Å². The third-order valence-corrected chi connectivity index (χ3v) is 3.13. The molecule has 0 aliphatic carbocycles. The summed E-state index contributed by atoms with van der Waals surface area (Å²) in [4.78, 5) is 10.4. The molecule has 2 rings (SSSR count). The monoisotopic (exact) mass is 325 g/mol. The second-order valence-corrected chi connectivity index (χ2v) is 4.58. The van der Waals surface area contributed by atoms with Crippen molar-refractivity contribution >= 4 is 38.7 Å². The zero-order valence-electron chi connectivity index (χ0n) is 9.56. The van der Waals surface area contributed by atoms with E-state index in [0.717, 1.165) is 0 Å². The summed E-state index contributed by atoms with van der Waals surface area (Å²) in [5.74, 6) is -0.522. The van der Waals surface area contributed by atoms with Gasteiger partial charge < -0.3 is 11.1 Å². The summed E-state index contributed by atoms with van der Waals surface area (Å²) in [7, 11) is 0. The highest BCUT2D eigenvalue weighted by Gasteiger charge is 2.19. The van der Waals surface area contributed by atoms with Crippen LogP contribution in [0.3, 0.4) is 0 Å². The minimum atomic E-state index is -0.605. The molecule has 0 saturated carbocycles. The Bertz CT molecular complexity index is 629. The van der Waals surface area contributed by atoms with Crippen molar-refractivity contribution in [3.05, 3.63) is 56.8 Å². The summed E-state index contributed by atoms with van der Waals surface area (Å²) in [6, 6.07) is 8.85. The number of hydrogen-bond donors (Lipinski definition) is 2. The van der Waals surface area contributed by atoms with E-state index in [-0.39, 0.29) is 22.7 Å². The SMILES string of the molecule is Nc1cccc(Nc2c(F)cccc2Br)c1[N+](=O)[O-]. The second kappa shape index (κ2) is 5.23. The lowest BCUT2D eigenvalue weighted by molar-refractivity contribution is -0.383. The molecular formula is C12H9BrFN3O2. The van der Waals surface area contributed by atoms with Crippen molar-refractivity contribution in [1.82, 2.24) is 0 Å². The Kier molecular flexibility index (Phi) is 3.66. The van der Waals surface area contributed by atoms with Crippen LogP contribution < -0.4 is 11.1 Å². The Labute approximate surface area is 116 Å². The van der Waals surface area contributed by atoms with Gasteiger partial charge in [-0.05, 0) is 40.2 Å². The Hall–Kier alpha value is -2.15. The van der Waals surface area contributed by atoms with Crippen molar-refractivity contribution in [1.29, 1.82) is 0 Å². The molecule has 0 atom stereocenters. The van der Waals surface area contributed by atoms with E-state index in [0.29, 0.717) is 4.47 Å². The Morgan fingerprint density at radius 3 is 2.58 bits per heavy atom. The van der Waals surface area contributed by atoms with Crippen LogP contribution in [0, 0.1) is 15.9 Å². The van der Waals surface area contributed by atoms with Gasteiger partial charge in [0.1, 0.15) is 17.2 Å². The first kappa shape index (κ1) is 13.3. The first-order valence-corrected chi connectivity index (χ1v) is 6.04. The van der Waals surface area contributed by atoms with Crippen LogP contribution in [0.4, 0.5) is 27.1 Å². The number of halogens is 2. The Morgan fingerprint density at radius 2 is 1.95 bits per heavy atom. The highest BCUT2D eigenvalue weighted by Crippen LogP contribution is 2.35. The van der Waals surface area contributed by atoms with Crippen LogP contribution in [-0.2, 0) is 0 Å². The highest BCUT2D eigenvalue weighted by molar-refractivity contribution is 9.10. The first-order valence-electron chi connectivity index (χ1n) is 5.24. The fraction of sp³-hybridized carbons (Fsp3) is 0. The Morgan fingerprint density at radius 1 is 1.26 bits per heavy atom. The summed E-state index contributed by atoms with van der Waals surface area (Å²) in [5, 5.41) is 13.7. The van der Waals surface area contributed by atoms with E-state index in [1.165, 1.54) is 24.3 Å². The molecule has 0 saturated heterocycles. The van der Waals surface area contributed by atoms with E-state index >= 15 is 0 Å². The van der Waals surface area contributed by atoms with Crippen molar-refractivity contribution in [3.63, 3.8) is 0 Å². The number of nitro benzene ring substituents is 1. The number of nitrogens with two attached hydrogens (primary N) is 1. The van der Waals surface area contributed by atoms with Gasteiger partial charge in [0.05, 0.1) is 10.6 Å². The number of hydrogen-bond acceptors (Lipinski definition) is 4. The normalized spacial score (nSPS) is 10.2. The molecule has 2 aromatic carbocycles. The summed E-state index contributed by atoms with van der Waals surface area (Å²) in [6.07, 6.45) is 0. The number of nitrogens with zero attached hydrogens (tertiary/aromatic N) is 1. The van der Waals surface area contributed by atoms with Gasteiger partial charge in [0, 0.05) is 4.47 Å². The largest absolute Gasteiger partial charge is 0.393 e. The molecule has 0 aliphatic heterocycles. The first-order chi connectivity index (χ1) is 9.00. The number of benzene rings is 2. The van der Waals surface area contributed by atoms with Gasteiger partial charge in [-0.15, -0.1) is 0 Å². The molecule has 0 aromatic heterocycles. The van der Waals surface area contributed by atoms with Crippen molar-refractivity contribution in [2.45, 2.75) is 0 Å². The zero-order valence-corrected chi connectivity index (χ0v) is 11.1. The minimum Gasteiger partial charge on any atom is -0.393 e. The average Bonchev–Trinajstić information content (AvgIpc) is 2.33. The molecule has 3 N–H and O–H groups in total. The van der Waals surface area contributed by atoms with Gasteiger partial charge in [-0.25, -0.2) is 4.39 Å². The predicted octanol–water partition coefficient (Wildman–Crippen LogP) is 3.82. The molecule has 0 spiro atoms. The molecule has 19 heavy (non-hydrogen) atoms. The molecule has 0 aliphatic rings. The van der Waals surface area contributed by atoms with Crippen molar-refractivity contribution < 1.29 is 9.31 Å². The van der Waals surface area contributed by atoms with Crippen LogP contribution in [0.5, 0.6) is 0 Å². The second-order valence-electron chi connectivity index (χ2n) is 3.72. The number of nitrogens with one attached hydrogen (secondary N) is 1. The van der Waals surface area contributed by atoms with Crippen LogP contribution in [-0.4, -0.2) is 4.92 Å². The number of para-hydroxylation sites is 2. The topological polar surface area (TPSA) is 81.2 Å². The summed E-state index contributed by atoms with van der Waals surface area (Å²) in [6.45, 7) is 0. The van der Waals surface area contributed by atoms with Crippen molar-refractivity contribution in [2.24, 2.45) is 0 Å². The van der Waals surface area contributed by atoms with E-state index in [1.807, 2.05) is 0 Å². The quantitative estimate of drug-likeness (QED) is 0.510. The van der Waals surface area contributed by atoms with E-state index in [4.69, 9.17) is 5.73 Å². The number of rotatable bonds is 3. The predicted molar refractivity (Wildman–Crippen MR) is 74.9 cm³/mol. The fourth-order valence-corrected chi connectivity index (χ4v) is 2.06. The molecule has 0 heterocycles. The molecule has 0 bridgehead atoms. The van der Waals surface area contributed by atoms with Gasteiger partial charge in [0.15, 0.2) is 0 Å². The number of anilines is 3. The molecular weight excluding hydrogens is 317 g/mol. The van der Waals surface area contributed by atoms with Gasteiger partial charge in [-0.3, -0.25) is 10.1 Å². The summed E-state index contributed by atoms with van der Waals surface area (Å²) in [5.41, 5.74) is 5.56. The van der Waals surface area contributed by atoms with E-state index in [2.05, 4.69) is 21.2 Å². The van der Waals surface area contributed by atoms with Crippen LogP contribution in [0.15, 0.2) is 40.9 Å². The van der Waals surface area contributed by atoms with Gasteiger partial charge in [0.25, 0.3) is 0 Å². The maximum absolute atomic E-state index is 13.7. The zero-order chi connectivity index (χ0) is 14.0. The fourth-order valence-electron chi connectivity index (χ4n) is 1.62. The maximum Gasteiger partial charge on any atom is 0.315 e. The number of nitrogen functional groups attached to an aromatic ring is 1. The number of nitro groups is 1. The highest BCUT2D eigenvalue weighted by atomic mass is 79.9. The van der Waals surface area contributed by atoms with Gasteiger partial charge >= 0.3 is 5.69 Å². The summed E-state index contributed by atoms with van der Waals surface area (Å²) >= 11 is 3.18. The minimum absolute atomic E-state index is 0.0162. The standard InChI is InChI=1S/C12H9BrFN3O2/c13-7-3-1-4-8(14)11(7)16-10-6-2-5-9(15)12(10)17(18)19/h1-6,16H,15H2. The molecule has 0 radical (unpaired) electrons. The van der Waals surface area contributed by atoms with Crippen molar-refractivity contribution in [2.75, 3.05) is 11.1 Å². The summed E-state index contributed by atoms with van der Waals surface area (Å²) < 4.78 is 14.1. The van der Waals surface area contributed by atoms with Crippen LogP contribution in [0.2, 0.25) is 0 Å². The van der Waals surface area contributed by atoms with E-state index in [1.54, 1.807) is 12.1 Å². The molecule has 5 nitrogen and oxygen atoms in total. The lowest BCUT2D eigenvalue weighted by atomic mass is 10.2. The molecule has 0 fully saturated rings. The third kappa shape index (κ3) is 2.65. The van der Waals surface area contributed by atoms with Crippen LogP contribution in [0.25, 0.3) is 0 Å². The molecule has 2 aromatic rings. The lowest BCUT2D eigenvalue weighted by Crippen LogP contribution is -2.02. The third-order valence-electron chi connectivity index (χ3n) is 2.47. The Balaban J connectivity index is 2.50. The molecule has 0 amide bonds. The lowest BCUT2D eigenvalue weighted by Gasteiger charge is -2.10. The van der Waals surface area contributed by atoms with Crippen molar-refractivity contribution in [3.8, 4) is 0 Å². The van der Waals surface area contributed by atoms with Crippen LogP contribution >= 0.6 is 15.9 Å². The van der Waals surface area contributed by atoms with Gasteiger partial charge in [-0.1, -0.05) is 12.1 Å². The van der Waals surface area contributed by atoms with E-state index in [9.17, 15) is 14.5 Å². The smallest absolute Gasteiger partial charge is 0.315 e.